The van der Waals surface area contributed by atoms with E-state index in [4.69, 9.17) is 4.98 Å². The Hall–Kier alpha value is -0.940. The second-order valence-electron chi connectivity index (χ2n) is 5.21. The Morgan fingerprint density at radius 3 is 2.58 bits per heavy atom. The number of nitrogens with one attached hydrogen (secondary N) is 2. The van der Waals surface area contributed by atoms with Crippen LogP contribution in [0.25, 0.3) is 11.0 Å². The van der Waals surface area contributed by atoms with E-state index in [-0.39, 0.29) is 0 Å². The first-order valence-electron chi connectivity index (χ1n) is 6.70. The average molecular weight is 319 g/mol. The molecule has 2 heterocycles. The zero-order valence-electron chi connectivity index (χ0n) is 11.6. The van der Waals surface area contributed by atoms with Crippen LogP contribution in [-0.4, -0.2) is 51.8 Å². The molecule has 0 bridgehead atoms. The molecule has 2 N–H and O–H groups in total. The number of hydrogen-bond acceptors (Lipinski definition) is 3. The van der Waals surface area contributed by atoms with Gasteiger partial charge in [0, 0.05) is 30.7 Å². The summed E-state index contributed by atoms with van der Waals surface area (Å²) in [7, 11) is 4.30. The van der Waals surface area contributed by atoms with E-state index in [1.54, 1.807) is 0 Å². The maximum absolute atomic E-state index is 4.81. The van der Waals surface area contributed by atoms with Gasteiger partial charge >= 0.3 is 0 Å². The van der Waals surface area contributed by atoms with Gasteiger partial charge in [-0.1, -0.05) is 16.5 Å². The molecule has 19 heavy (non-hydrogen) atoms. The largest absolute Gasteiger partial charge is 0.340 e. The molecule has 0 spiro atoms. The summed E-state index contributed by atoms with van der Waals surface area (Å²) in [5.41, 5.74) is 6.09. The maximum Gasteiger partial charge on any atom is 0.203 e. The number of rotatable bonds is 1. The predicted octanol–water partition coefficient (Wildman–Crippen LogP) is -1.44. The third kappa shape index (κ3) is 2.09. The van der Waals surface area contributed by atoms with Crippen molar-refractivity contribution in [3.05, 3.63) is 10.0 Å². The number of aromatic amines is 1. The van der Waals surface area contributed by atoms with E-state index in [2.05, 4.69) is 53.7 Å². The van der Waals surface area contributed by atoms with Crippen molar-refractivity contribution in [3.8, 4) is 0 Å². The zero-order valence-corrected chi connectivity index (χ0v) is 13.2. The first kappa shape index (κ1) is 13.1. The van der Waals surface area contributed by atoms with Gasteiger partial charge in [-0.25, -0.2) is 4.98 Å². The molecular formula is C12H17B2BrN4. The quantitative estimate of drug-likeness (QED) is 0.633. The molecule has 0 amide bonds. The van der Waals surface area contributed by atoms with Crippen molar-refractivity contribution in [2.24, 2.45) is 0 Å². The van der Waals surface area contributed by atoms with E-state index in [0.717, 1.165) is 47.6 Å². The number of fused-ring (bicyclic) bond motifs is 1. The lowest BCUT2D eigenvalue weighted by molar-refractivity contribution is 0.582. The standard InChI is InChI=1S/C12H17B2BrN4/c1-6-7(13)9(15)11-10(8(6)14)17-12(18-11)19-4-2-16-3-5-19/h16H,2-5,13-14H2,1H3,(H,17,18). The Bertz CT molecular complexity index is 589. The highest BCUT2D eigenvalue weighted by Crippen LogP contribution is 2.23. The Morgan fingerprint density at radius 1 is 1.21 bits per heavy atom. The fraction of sp³-hybridized carbons (Fsp3) is 0.417. The van der Waals surface area contributed by atoms with E-state index < -0.39 is 0 Å². The number of anilines is 1. The molecule has 1 saturated heterocycles. The molecule has 0 aliphatic carbocycles. The predicted molar refractivity (Wildman–Crippen MR) is 90.0 cm³/mol. The van der Waals surface area contributed by atoms with Gasteiger partial charge in [-0.15, -0.1) is 0 Å². The van der Waals surface area contributed by atoms with E-state index in [1.165, 1.54) is 16.5 Å². The average Bonchev–Trinajstić information content (AvgIpc) is 2.89. The summed E-state index contributed by atoms with van der Waals surface area (Å²) in [6.45, 7) is 6.22. The fourth-order valence-electron chi connectivity index (χ4n) is 2.63. The molecule has 7 heteroatoms. The Kier molecular flexibility index (Phi) is 3.35. The lowest BCUT2D eigenvalue weighted by Gasteiger charge is -2.26. The van der Waals surface area contributed by atoms with E-state index in [1.807, 2.05) is 0 Å². The number of nitrogens with zero attached hydrogens (tertiary/aromatic N) is 2. The van der Waals surface area contributed by atoms with Crippen LogP contribution in [0.3, 0.4) is 0 Å². The Balaban J connectivity index is 2.14. The minimum Gasteiger partial charge on any atom is -0.340 e. The number of piperazine rings is 1. The minimum atomic E-state index is 0.991. The molecule has 0 atom stereocenters. The highest BCUT2D eigenvalue weighted by Gasteiger charge is 2.18. The number of halogens is 1. The molecule has 4 nitrogen and oxygen atoms in total. The summed E-state index contributed by atoms with van der Waals surface area (Å²) in [5.74, 6) is 0.991. The van der Waals surface area contributed by atoms with Crippen LogP contribution in [0.5, 0.6) is 0 Å². The highest BCUT2D eigenvalue weighted by atomic mass is 79.9. The summed E-state index contributed by atoms with van der Waals surface area (Å²) in [6, 6.07) is 0. The van der Waals surface area contributed by atoms with Crippen molar-refractivity contribution in [2.45, 2.75) is 6.92 Å². The molecular weight excluding hydrogens is 302 g/mol. The fourth-order valence-corrected chi connectivity index (χ4v) is 3.21. The van der Waals surface area contributed by atoms with Crippen LogP contribution in [0.15, 0.2) is 4.47 Å². The van der Waals surface area contributed by atoms with Crippen molar-refractivity contribution >= 4 is 59.5 Å². The van der Waals surface area contributed by atoms with Gasteiger partial charge < -0.3 is 15.2 Å². The van der Waals surface area contributed by atoms with Gasteiger partial charge in [0.2, 0.25) is 5.95 Å². The van der Waals surface area contributed by atoms with Gasteiger partial charge in [-0.2, -0.15) is 0 Å². The zero-order chi connectivity index (χ0) is 13.6. The van der Waals surface area contributed by atoms with E-state index in [0.29, 0.717) is 0 Å². The molecule has 3 rings (SSSR count). The summed E-state index contributed by atoms with van der Waals surface area (Å²) < 4.78 is 1.14. The van der Waals surface area contributed by atoms with Crippen LogP contribution in [0.1, 0.15) is 5.56 Å². The normalized spacial score (nSPS) is 16.2. The molecule has 1 aliphatic heterocycles. The topological polar surface area (TPSA) is 44.0 Å². The third-order valence-electron chi connectivity index (χ3n) is 4.14. The monoisotopic (exact) mass is 318 g/mol. The van der Waals surface area contributed by atoms with Gasteiger partial charge in [0.15, 0.2) is 0 Å². The second kappa shape index (κ2) is 4.87. The van der Waals surface area contributed by atoms with Crippen LogP contribution >= 0.6 is 15.9 Å². The Morgan fingerprint density at radius 2 is 1.89 bits per heavy atom. The van der Waals surface area contributed by atoms with Crippen LogP contribution < -0.4 is 21.1 Å². The number of imidazole rings is 1. The number of aromatic nitrogens is 2. The van der Waals surface area contributed by atoms with Crippen molar-refractivity contribution < 1.29 is 0 Å². The van der Waals surface area contributed by atoms with Crippen molar-refractivity contribution in [2.75, 3.05) is 31.1 Å². The number of hydrogen-bond donors (Lipinski definition) is 2. The molecule has 0 saturated carbocycles. The number of benzene rings is 1. The summed E-state index contributed by atoms with van der Waals surface area (Å²) >= 11 is 3.70. The van der Waals surface area contributed by atoms with Crippen molar-refractivity contribution in [1.29, 1.82) is 0 Å². The van der Waals surface area contributed by atoms with Crippen LogP contribution in [0.2, 0.25) is 0 Å². The molecule has 1 aliphatic rings. The van der Waals surface area contributed by atoms with Gasteiger partial charge in [0.1, 0.15) is 15.7 Å². The van der Waals surface area contributed by atoms with Crippen molar-refractivity contribution in [1.82, 2.24) is 15.3 Å². The van der Waals surface area contributed by atoms with Gasteiger partial charge in [-0.3, -0.25) is 0 Å². The van der Waals surface area contributed by atoms with Crippen molar-refractivity contribution in [3.63, 3.8) is 0 Å². The molecule has 2 aromatic rings. The smallest absolute Gasteiger partial charge is 0.203 e. The molecule has 98 valence electrons. The second-order valence-corrected chi connectivity index (χ2v) is 6.00. The molecule has 0 radical (unpaired) electrons. The summed E-state index contributed by atoms with van der Waals surface area (Å²) in [4.78, 5) is 10.6. The number of H-pyrrole nitrogens is 1. The van der Waals surface area contributed by atoms with Gasteiger partial charge in [-0.05, 0) is 22.9 Å². The van der Waals surface area contributed by atoms with Crippen LogP contribution in [-0.2, 0) is 0 Å². The van der Waals surface area contributed by atoms with Gasteiger partial charge in [0.25, 0.3) is 0 Å². The summed E-state index contributed by atoms with van der Waals surface area (Å²) in [5, 5.41) is 3.37. The lowest BCUT2D eigenvalue weighted by Crippen LogP contribution is -2.44. The lowest BCUT2D eigenvalue weighted by atomic mass is 9.81. The highest BCUT2D eigenvalue weighted by molar-refractivity contribution is 9.10. The van der Waals surface area contributed by atoms with Crippen LogP contribution in [0, 0.1) is 6.92 Å². The maximum atomic E-state index is 4.81. The summed E-state index contributed by atoms with van der Waals surface area (Å²) in [6.07, 6.45) is 0. The van der Waals surface area contributed by atoms with Gasteiger partial charge in [0.05, 0.1) is 11.0 Å². The molecule has 1 fully saturated rings. The first-order chi connectivity index (χ1) is 9.09. The molecule has 1 aromatic heterocycles. The Labute approximate surface area is 123 Å². The first-order valence-corrected chi connectivity index (χ1v) is 7.49. The van der Waals surface area contributed by atoms with E-state index >= 15 is 0 Å². The van der Waals surface area contributed by atoms with E-state index in [9.17, 15) is 0 Å². The molecule has 0 unspecified atom stereocenters. The van der Waals surface area contributed by atoms with Crippen LogP contribution in [0.4, 0.5) is 5.95 Å². The minimum absolute atomic E-state index is 0.991. The third-order valence-corrected chi connectivity index (χ3v) is 5.13. The SMILES string of the molecule is Bc1c(C)c(B)c2nc(N3CCNCC3)[nH]c2c1Br. The molecule has 1 aromatic carbocycles.